The zero-order chi connectivity index (χ0) is 17.1. The third-order valence-electron chi connectivity index (χ3n) is 6.22. The molecule has 4 heteroatoms. The van der Waals surface area contributed by atoms with Gasteiger partial charge >= 0.3 is 0 Å². The molecular formula is C21H32N2O2. The predicted molar refractivity (Wildman–Crippen MR) is 99.7 cm³/mol. The van der Waals surface area contributed by atoms with Crippen molar-refractivity contribution in [3.8, 4) is 0 Å². The molecular weight excluding hydrogens is 312 g/mol. The maximum Gasteiger partial charge on any atom is 0.0593 e. The fraction of sp³-hybridized carbons (Fsp3) is 0.714. The minimum Gasteiger partial charge on any atom is -0.381 e. The maximum atomic E-state index is 6.06. The second-order valence-corrected chi connectivity index (χ2v) is 8.31. The van der Waals surface area contributed by atoms with E-state index in [1.54, 1.807) is 0 Å². The molecule has 25 heavy (non-hydrogen) atoms. The van der Waals surface area contributed by atoms with Crippen molar-refractivity contribution in [1.82, 2.24) is 9.80 Å². The zero-order valence-corrected chi connectivity index (χ0v) is 15.6. The first-order chi connectivity index (χ1) is 12.2. The number of likely N-dealkylation sites (tertiary alicyclic amines) is 1. The van der Waals surface area contributed by atoms with Crippen LogP contribution >= 0.6 is 0 Å². The van der Waals surface area contributed by atoms with Gasteiger partial charge < -0.3 is 9.47 Å². The third kappa shape index (κ3) is 4.25. The predicted octanol–water partition coefficient (Wildman–Crippen LogP) is 2.70. The summed E-state index contributed by atoms with van der Waals surface area (Å²) in [6, 6.07) is 9.72. The monoisotopic (exact) mass is 344 g/mol. The quantitative estimate of drug-likeness (QED) is 0.842. The number of hydrogen-bond acceptors (Lipinski definition) is 4. The first-order valence-electron chi connectivity index (χ1n) is 9.90. The molecule has 4 rings (SSSR count). The minimum absolute atomic E-state index is 0.319. The van der Waals surface area contributed by atoms with Gasteiger partial charge in [0.05, 0.1) is 13.2 Å². The average molecular weight is 344 g/mol. The molecule has 0 saturated carbocycles. The fourth-order valence-corrected chi connectivity index (χ4v) is 4.75. The summed E-state index contributed by atoms with van der Waals surface area (Å²) >= 11 is 0. The molecule has 1 atom stereocenters. The van der Waals surface area contributed by atoms with Gasteiger partial charge in [-0.15, -0.1) is 0 Å². The second-order valence-electron chi connectivity index (χ2n) is 8.31. The van der Waals surface area contributed by atoms with E-state index >= 15 is 0 Å². The molecule has 3 heterocycles. The van der Waals surface area contributed by atoms with Crippen molar-refractivity contribution >= 4 is 0 Å². The number of benzene rings is 1. The van der Waals surface area contributed by atoms with Crippen LogP contribution in [0.25, 0.3) is 0 Å². The standard InChI is InChI=1S/C21H32N2O2/c1-18-2-4-19(5-3-18)14-22-10-13-25-17-21(15-22)8-9-23(16-21)20-6-11-24-12-7-20/h2-5,20H,6-17H2,1H3. The Hall–Kier alpha value is -0.940. The highest BCUT2D eigenvalue weighted by Crippen LogP contribution is 2.36. The van der Waals surface area contributed by atoms with E-state index in [4.69, 9.17) is 9.47 Å². The van der Waals surface area contributed by atoms with Gasteiger partial charge in [0.25, 0.3) is 0 Å². The Morgan fingerprint density at radius 3 is 2.60 bits per heavy atom. The maximum absolute atomic E-state index is 6.06. The molecule has 3 aliphatic rings. The molecule has 0 N–H and O–H groups in total. The van der Waals surface area contributed by atoms with Gasteiger partial charge in [-0.25, -0.2) is 0 Å². The molecule has 0 aromatic heterocycles. The summed E-state index contributed by atoms with van der Waals surface area (Å²) in [5.41, 5.74) is 3.07. The van der Waals surface area contributed by atoms with Gasteiger partial charge in [0.2, 0.25) is 0 Å². The Kier molecular flexibility index (Phi) is 5.41. The van der Waals surface area contributed by atoms with Crippen molar-refractivity contribution in [3.63, 3.8) is 0 Å². The summed E-state index contributed by atoms with van der Waals surface area (Å²) in [6.45, 7) is 11.5. The lowest BCUT2D eigenvalue weighted by Gasteiger charge is -2.35. The van der Waals surface area contributed by atoms with Gasteiger partial charge in [-0.1, -0.05) is 29.8 Å². The summed E-state index contributed by atoms with van der Waals surface area (Å²) < 4.78 is 11.6. The van der Waals surface area contributed by atoms with Crippen molar-refractivity contribution in [1.29, 1.82) is 0 Å². The smallest absolute Gasteiger partial charge is 0.0593 e. The van der Waals surface area contributed by atoms with Crippen LogP contribution in [0.2, 0.25) is 0 Å². The lowest BCUT2D eigenvalue weighted by Crippen LogP contribution is -2.43. The number of rotatable bonds is 3. The highest BCUT2D eigenvalue weighted by molar-refractivity contribution is 5.21. The zero-order valence-electron chi connectivity index (χ0n) is 15.6. The molecule has 3 fully saturated rings. The van der Waals surface area contributed by atoms with Gasteiger partial charge in [-0.2, -0.15) is 0 Å². The van der Waals surface area contributed by atoms with E-state index < -0.39 is 0 Å². The van der Waals surface area contributed by atoms with E-state index in [9.17, 15) is 0 Å². The van der Waals surface area contributed by atoms with Crippen molar-refractivity contribution in [2.45, 2.75) is 38.8 Å². The van der Waals surface area contributed by atoms with E-state index in [2.05, 4.69) is 41.0 Å². The van der Waals surface area contributed by atoms with Crippen LogP contribution < -0.4 is 0 Å². The van der Waals surface area contributed by atoms with Crippen LogP contribution in [-0.4, -0.2) is 68.4 Å². The SMILES string of the molecule is Cc1ccc(CN2CCOCC3(CCN(C4CCOCC4)C3)C2)cc1. The molecule has 1 spiro atoms. The minimum atomic E-state index is 0.319. The lowest BCUT2D eigenvalue weighted by atomic mass is 9.87. The van der Waals surface area contributed by atoms with E-state index in [1.807, 2.05) is 0 Å². The van der Waals surface area contributed by atoms with E-state index in [-0.39, 0.29) is 0 Å². The average Bonchev–Trinajstić information content (AvgIpc) is 2.94. The van der Waals surface area contributed by atoms with Crippen molar-refractivity contribution in [2.24, 2.45) is 5.41 Å². The largest absolute Gasteiger partial charge is 0.381 e. The Morgan fingerprint density at radius 1 is 1.00 bits per heavy atom. The van der Waals surface area contributed by atoms with E-state index in [1.165, 1.54) is 50.0 Å². The van der Waals surface area contributed by atoms with Crippen LogP contribution in [0.5, 0.6) is 0 Å². The fourth-order valence-electron chi connectivity index (χ4n) is 4.75. The molecule has 0 bridgehead atoms. The van der Waals surface area contributed by atoms with Crippen LogP contribution in [0.1, 0.15) is 30.4 Å². The van der Waals surface area contributed by atoms with Crippen LogP contribution in [0, 0.1) is 12.3 Å². The van der Waals surface area contributed by atoms with Gasteiger partial charge in [0.1, 0.15) is 0 Å². The Morgan fingerprint density at radius 2 is 1.80 bits per heavy atom. The summed E-state index contributed by atoms with van der Waals surface area (Å²) in [4.78, 5) is 5.34. The molecule has 138 valence electrons. The molecule has 1 aromatic carbocycles. The summed E-state index contributed by atoms with van der Waals surface area (Å²) in [5, 5.41) is 0. The first kappa shape index (κ1) is 17.5. The lowest BCUT2D eigenvalue weighted by molar-refractivity contribution is 0.0284. The number of aryl methyl sites for hydroxylation is 1. The van der Waals surface area contributed by atoms with Gasteiger partial charge in [-0.05, 0) is 38.3 Å². The molecule has 1 aromatic rings. The van der Waals surface area contributed by atoms with Gasteiger partial charge in [0, 0.05) is 50.8 Å². The van der Waals surface area contributed by atoms with Crippen LogP contribution in [-0.2, 0) is 16.0 Å². The molecule has 0 aliphatic carbocycles. The molecule has 3 aliphatic heterocycles. The van der Waals surface area contributed by atoms with E-state index in [0.717, 1.165) is 45.6 Å². The normalized spacial score (nSPS) is 30.0. The van der Waals surface area contributed by atoms with Crippen molar-refractivity contribution in [2.75, 3.05) is 52.6 Å². The van der Waals surface area contributed by atoms with Crippen molar-refractivity contribution in [3.05, 3.63) is 35.4 Å². The topological polar surface area (TPSA) is 24.9 Å². The molecule has 0 radical (unpaired) electrons. The van der Waals surface area contributed by atoms with Gasteiger partial charge in [-0.3, -0.25) is 9.80 Å². The molecule has 4 nitrogen and oxygen atoms in total. The van der Waals surface area contributed by atoms with E-state index in [0.29, 0.717) is 5.41 Å². The Balaban J connectivity index is 1.40. The van der Waals surface area contributed by atoms with Crippen LogP contribution in [0.3, 0.4) is 0 Å². The summed E-state index contributed by atoms with van der Waals surface area (Å²) in [5.74, 6) is 0. The van der Waals surface area contributed by atoms with Crippen molar-refractivity contribution < 1.29 is 9.47 Å². The molecule has 1 unspecified atom stereocenters. The summed E-state index contributed by atoms with van der Waals surface area (Å²) in [6.07, 6.45) is 3.67. The number of ether oxygens (including phenoxy) is 2. The number of hydrogen-bond donors (Lipinski definition) is 0. The third-order valence-corrected chi connectivity index (χ3v) is 6.22. The van der Waals surface area contributed by atoms with Crippen LogP contribution in [0.15, 0.2) is 24.3 Å². The van der Waals surface area contributed by atoms with Crippen LogP contribution in [0.4, 0.5) is 0 Å². The second kappa shape index (κ2) is 7.75. The number of nitrogens with zero attached hydrogens (tertiary/aromatic N) is 2. The molecule has 0 amide bonds. The highest BCUT2D eigenvalue weighted by atomic mass is 16.5. The highest BCUT2D eigenvalue weighted by Gasteiger charge is 2.43. The van der Waals surface area contributed by atoms with Gasteiger partial charge in [0.15, 0.2) is 0 Å². The Bertz CT molecular complexity index is 556. The Labute approximate surface area is 152 Å². The summed E-state index contributed by atoms with van der Waals surface area (Å²) in [7, 11) is 0. The first-order valence-corrected chi connectivity index (χ1v) is 9.90. The molecule has 3 saturated heterocycles.